The number of nitrogens with one attached hydrogen (secondary N) is 1. The standard InChI is InChI=1S/C12H4Cl3F4N3O2/c13-7-9(8(14)11(16)21-10(7)15)20-6-2-1-4(22(23)24)3-5(6)12(17,18)19/h1-3H,(H,20,21). The average molecular weight is 405 g/mol. The highest BCUT2D eigenvalue weighted by Gasteiger charge is 2.35. The first-order valence-corrected chi connectivity index (χ1v) is 6.98. The van der Waals surface area contributed by atoms with Crippen molar-refractivity contribution in [3.63, 3.8) is 0 Å². The summed E-state index contributed by atoms with van der Waals surface area (Å²) >= 11 is 17.0. The monoisotopic (exact) mass is 403 g/mol. The predicted molar refractivity (Wildman–Crippen MR) is 80.6 cm³/mol. The van der Waals surface area contributed by atoms with Gasteiger partial charge in [-0.05, 0) is 6.07 Å². The molecule has 1 N–H and O–H groups in total. The van der Waals surface area contributed by atoms with E-state index in [0.29, 0.717) is 6.07 Å². The molecule has 0 aliphatic heterocycles. The summed E-state index contributed by atoms with van der Waals surface area (Å²) in [5, 5.41) is 11.2. The van der Waals surface area contributed by atoms with E-state index in [2.05, 4.69) is 10.3 Å². The lowest BCUT2D eigenvalue weighted by molar-refractivity contribution is -0.385. The molecule has 5 nitrogen and oxygen atoms in total. The Balaban J connectivity index is 2.61. The van der Waals surface area contributed by atoms with Crippen LogP contribution in [0.4, 0.5) is 34.6 Å². The Morgan fingerprint density at radius 1 is 1.17 bits per heavy atom. The second kappa shape index (κ2) is 6.58. The zero-order chi connectivity index (χ0) is 18.2. The molecular formula is C12H4Cl3F4N3O2. The van der Waals surface area contributed by atoms with Crippen molar-refractivity contribution in [1.29, 1.82) is 0 Å². The molecule has 0 saturated heterocycles. The van der Waals surface area contributed by atoms with Gasteiger partial charge in [0.05, 0.1) is 21.9 Å². The van der Waals surface area contributed by atoms with Crippen LogP contribution in [0, 0.1) is 16.1 Å². The fraction of sp³-hybridized carbons (Fsp3) is 0.0833. The first-order chi connectivity index (χ1) is 11.0. The smallest absolute Gasteiger partial charge is 0.352 e. The number of nitro groups is 1. The van der Waals surface area contributed by atoms with Crippen LogP contribution in [0.1, 0.15) is 5.56 Å². The average Bonchev–Trinajstić information content (AvgIpc) is 2.48. The Morgan fingerprint density at radius 2 is 1.79 bits per heavy atom. The van der Waals surface area contributed by atoms with Crippen LogP contribution in [-0.2, 0) is 6.18 Å². The van der Waals surface area contributed by atoms with Gasteiger partial charge in [-0.25, -0.2) is 4.98 Å². The number of rotatable bonds is 3. The molecule has 0 bridgehead atoms. The quantitative estimate of drug-likeness (QED) is 0.301. The number of halogens is 7. The van der Waals surface area contributed by atoms with E-state index in [9.17, 15) is 27.7 Å². The number of anilines is 2. The van der Waals surface area contributed by atoms with Crippen LogP contribution in [0.15, 0.2) is 18.2 Å². The van der Waals surface area contributed by atoms with Gasteiger partial charge in [-0.2, -0.15) is 17.6 Å². The number of non-ortho nitro benzene ring substituents is 1. The lowest BCUT2D eigenvalue weighted by Crippen LogP contribution is -2.10. The van der Waals surface area contributed by atoms with E-state index in [1.165, 1.54) is 0 Å². The van der Waals surface area contributed by atoms with Gasteiger partial charge in [0.25, 0.3) is 5.69 Å². The van der Waals surface area contributed by atoms with Gasteiger partial charge in [0.15, 0.2) is 5.15 Å². The number of nitro benzene ring substituents is 1. The number of nitrogens with zero attached hydrogens (tertiary/aromatic N) is 2. The summed E-state index contributed by atoms with van der Waals surface area (Å²) < 4.78 is 52.8. The molecule has 1 aromatic carbocycles. The van der Waals surface area contributed by atoms with Crippen molar-refractivity contribution in [2.75, 3.05) is 5.32 Å². The number of pyridine rings is 1. The van der Waals surface area contributed by atoms with E-state index in [0.717, 1.165) is 12.1 Å². The molecule has 0 radical (unpaired) electrons. The molecule has 0 aliphatic carbocycles. The Kier molecular flexibility index (Phi) is 5.07. The van der Waals surface area contributed by atoms with Gasteiger partial charge >= 0.3 is 6.18 Å². The molecular weight excluding hydrogens is 401 g/mol. The van der Waals surface area contributed by atoms with Crippen molar-refractivity contribution < 1.29 is 22.5 Å². The van der Waals surface area contributed by atoms with Crippen molar-refractivity contribution in [2.24, 2.45) is 0 Å². The second-order valence-electron chi connectivity index (χ2n) is 4.31. The number of benzene rings is 1. The molecule has 0 amide bonds. The summed E-state index contributed by atoms with van der Waals surface area (Å²) in [6.45, 7) is 0. The third-order valence-corrected chi connectivity index (χ3v) is 3.86. The maximum atomic E-state index is 13.5. The summed E-state index contributed by atoms with van der Waals surface area (Å²) in [5.41, 5.74) is -3.21. The minimum atomic E-state index is -4.93. The molecule has 0 saturated carbocycles. The molecule has 2 rings (SSSR count). The fourth-order valence-corrected chi connectivity index (χ4v) is 2.31. The molecule has 0 unspecified atom stereocenters. The molecule has 1 aromatic heterocycles. The highest BCUT2D eigenvalue weighted by atomic mass is 35.5. The normalized spacial score (nSPS) is 11.5. The van der Waals surface area contributed by atoms with Gasteiger partial charge in [0.1, 0.15) is 10.0 Å². The van der Waals surface area contributed by atoms with Crippen molar-refractivity contribution in [1.82, 2.24) is 4.98 Å². The van der Waals surface area contributed by atoms with Crippen LogP contribution in [0.5, 0.6) is 0 Å². The Labute approximate surface area is 146 Å². The summed E-state index contributed by atoms with van der Waals surface area (Å²) in [5.74, 6) is -1.25. The number of hydrogen-bond acceptors (Lipinski definition) is 4. The number of hydrogen-bond donors (Lipinski definition) is 1. The molecule has 2 aromatic rings. The van der Waals surface area contributed by atoms with Crippen molar-refractivity contribution in [2.45, 2.75) is 6.18 Å². The van der Waals surface area contributed by atoms with Gasteiger partial charge in [-0.1, -0.05) is 34.8 Å². The molecule has 24 heavy (non-hydrogen) atoms. The highest BCUT2D eigenvalue weighted by Crippen LogP contribution is 2.42. The van der Waals surface area contributed by atoms with Crippen LogP contribution in [0.3, 0.4) is 0 Å². The Morgan fingerprint density at radius 3 is 2.33 bits per heavy atom. The van der Waals surface area contributed by atoms with Crippen molar-refractivity contribution in [3.8, 4) is 0 Å². The number of alkyl halides is 3. The van der Waals surface area contributed by atoms with Gasteiger partial charge < -0.3 is 5.32 Å². The topological polar surface area (TPSA) is 68.1 Å². The molecule has 0 aliphatic rings. The highest BCUT2D eigenvalue weighted by molar-refractivity contribution is 6.45. The van der Waals surface area contributed by atoms with Gasteiger partial charge in [0, 0.05) is 12.1 Å². The van der Waals surface area contributed by atoms with Crippen LogP contribution in [-0.4, -0.2) is 9.91 Å². The summed E-state index contributed by atoms with van der Waals surface area (Å²) in [7, 11) is 0. The third kappa shape index (κ3) is 3.63. The Bertz CT molecular complexity index is 804. The zero-order valence-corrected chi connectivity index (χ0v) is 13.4. The molecule has 0 spiro atoms. The van der Waals surface area contributed by atoms with Crippen LogP contribution in [0.2, 0.25) is 15.2 Å². The third-order valence-electron chi connectivity index (χ3n) is 2.78. The van der Waals surface area contributed by atoms with Crippen molar-refractivity contribution >= 4 is 51.9 Å². The summed E-state index contributed by atoms with van der Waals surface area (Å²) in [6, 6.07) is 1.95. The second-order valence-corrected chi connectivity index (χ2v) is 5.42. The van der Waals surface area contributed by atoms with Gasteiger partial charge in [-0.15, -0.1) is 0 Å². The van der Waals surface area contributed by atoms with E-state index >= 15 is 0 Å². The molecule has 1 heterocycles. The maximum absolute atomic E-state index is 13.5. The fourth-order valence-electron chi connectivity index (χ4n) is 1.72. The first-order valence-electron chi connectivity index (χ1n) is 5.85. The van der Waals surface area contributed by atoms with E-state index < -0.39 is 54.9 Å². The molecule has 128 valence electrons. The minimum absolute atomic E-state index is 0.323. The van der Waals surface area contributed by atoms with E-state index in [1.54, 1.807) is 0 Å². The van der Waals surface area contributed by atoms with Crippen LogP contribution in [0.25, 0.3) is 0 Å². The van der Waals surface area contributed by atoms with E-state index in [-0.39, 0.29) is 0 Å². The lowest BCUT2D eigenvalue weighted by atomic mass is 10.1. The largest absolute Gasteiger partial charge is 0.418 e. The van der Waals surface area contributed by atoms with Crippen LogP contribution < -0.4 is 5.32 Å². The van der Waals surface area contributed by atoms with E-state index in [1.807, 2.05) is 0 Å². The SMILES string of the molecule is O=[N+]([O-])c1ccc(Nc2c(Cl)c(F)nc(Cl)c2Cl)c(C(F)(F)F)c1. The molecule has 0 fully saturated rings. The first kappa shape index (κ1) is 18.5. The van der Waals surface area contributed by atoms with Crippen LogP contribution >= 0.6 is 34.8 Å². The van der Waals surface area contributed by atoms with E-state index in [4.69, 9.17) is 34.8 Å². The molecule has 12 heteroatoms. The lowest BCUT2D eigenvalue weighted by Gasteiger charge is -2.16. The molecule has 0 atom stereocenters. The van der Waals surface area contributed by atoms with Gasteiger partial charge in [0.2, 0.25) is 5.95 Å². The predicted octanol–water partition coefficient (Wildman–Crippen LogP) is 5.85. The van der Waals surface area contributed by atoms with Crippen molar-refractivity contribution in [3.05, 3.63) is 55.0 Å². The number of aromatic nitrogens is 1. The summed E-state index contributed by atoms with van der Waals surface area (Å²) in [6.07, 6.45) is -4.93. The zero-order valence-electron chi connectivity index (χ0n) is 11.1. The maximum Gasteiger partial charge on any atom is 0.418 e. The van der Waals surface area contributed by atoms with Gasteiger partial charge in [-0.3, -0.25) is 10.1 Å². The Hall–Kier alpha value is -1.84. The minimum Gasteiger partial charge on any atom is -0.352 e. The summed E-state index contributed by atoms with van der Waals surface area (Å²) in [4.78, 5) is 12.8.